The van der Waals surface area contributed by atoms with Gasteiger partial charge in [0, 0.05) is 32.0 Å². The van der Waals surface area contributed by atoms with Crippen LogP contribution in [0.25, 0.3) is 11.2 Å². The molecule has 238 valence electrons. The third-order valence-electron chi connectivity index (χ3n) is 7.66. The molecule has 2 aromatic carbocycles. The van der Waals surface area contributed by atoms with Crippen molar-refractivity contribution >= 4 is 35.9 Å². The molecule has 0 spiro atoms. The molecule has 15 nitrogen and oxygen atoms in total. The van der Waals surface area contributed by atoms with Crippen molar-refractivity contribution in [1.29, 1.82) is 0 Å². The number of carbonyl (C=O) groups is 2. The topological polar surface area (TPSA) is 194 Å². The molecule has 1 saturated heterocycles. The van der Waals surface area contributed by atoms with Crippen LogP contribution in [0.2, 0.25) is 0 Å². The van der Waals surface area contributed by atoms with Gasteiger partial charge in [0.2, 0.25) is 17.7 Å². The zero-order valence-corrected chi connectivity index (χ0v) is 24.9. The molecule has 15 heteroatoms. The van der Waals surface area contributed by atoms with E-state index in [-0.39, 0.29) is 24.7 Å². The number of fused-ring (bicyclic) bond motifs is 1. The summed E-state index contributed by atoms with van der Waals surface area (Å²) in [6.45, 7) is 3.64. The van der Waals surface area contributed by atoms with Crippen molar-refractivity contribution in [2.45, 2.75) is 43.8 Å². The molecule has 4 heterocycles. The highest BCUT2D eigenvalue weighted by atomic mass is 16.6. The number of carbonyl (C=O) groups excluding carboxylic acids is 2. The fraction of sp³-hybridized carbons (Fsp3) is 0.323. The number of nitrogens with two attached hydrogens (primary N) is 1. The van der Waals surface area contributed by atoms with Crippen molar-refractivity contribution in [2.75, 3.05) is 30.3 Å². The lowest BCUT2D eigenvalue weighted by atomic mass is 9.91. The third-order valence-corrected chi connectivity index (χ3v) is 7.66. The second-order valence-electron chi connectivity index (χ2n) is 10.4. The number of hydrogen-bond donors (Lipinski definition) is 3. The second-order valence-corrected chi connectivity index (χ2v) is 10.4. The zero-order valence-electron chi connectivity index (χ0n) is 24.9. The first-order chi connectivity index (χ1) is 22.6. The lowest BCUT2D eigenvalue weighted by Gasteiger charge is -2.21. The first kappa shape index (κ1) is 30.6. The summed E-state index contributed by atoms with van der Waals surface area (Å²) in [5.74, 6) is 1.28. The van der Waals surface area contributed by atoms with Crippen molar-refractivity contribution < 1.29 is 28.3 Å². The van der Waals surface area contributed by atoms with Crippen LogP contribution in [-0.4, -0.2) is 74.4 Å². The van der Waals surface area contributed by atoms with E-state index in [4.69, 9.17) is 34.4 Å². The van der Waals surface area contributed by atoms with Gasteiger partial charge in [-0.05, 0) is 11.1 Å². The van der Waals surface area contributed by atoms with Crippen molar-refractivity contribution in [3.8, 4) is 0 Å². The summed E-state index contributed by atoms with van der Waals surface area (Å²) in [6.07, 6.45) is -2.22. The SMILES string of the molecule is CCc1nc([C@H]2O[C@@H](n3cnc4c(NCC(c5ccccc5)c5ccccc5)nc(NCCN)nc43)[C@H](OC=O)[C@H]2OC=O)no1. The van der Waals surface area contributed by atoms with Gasteiger partial charge in [0.05, 0.1) is 6.33 Å². The van der Waals surface area contributed by atoms with Crippen LogP contribution in [-0.2, 0) is 30.2 Å². The van der Waals surface area contributed by atoms with E-state index in [1.807, 2.05) is 43.3 Å². The minimum atomic E-state index is -1.10. The number of benzene rings is 2. The number of hydrogen-bond acceptors (Lipinski definition) is 14. The van der Waals surface area contributed by atoms with Crippen LogP contribution >= 0.6 is 0 Å². The molecule has 0 aliphatic carbocycles. The number of rotatable bonds is 15. The number of imidazole rings is 1. The molecule has 0 unspecified atom stereocenters. The first-order valence-corrected chi connectivity index (χ1v) is 14.8. The minimum Gasteiger partial charge on any atom is -0.457 e. The lowest BCUT2D eigenvalue weighted by molar-refractivity contribution is -0.151. The van der Waals surface area contributed by atoms with E-state index < -0.39 is 24.5 Å². The molecule has 0 radical (unpaired) electrons. The van der Waals surface area contributed by atoms with Crippen LogP contribution in [0.5, 0.6) is 0 Å². The van der Waals surface area contributed by atoms with Gasteiger partial charge >= 0.3 is 0 Å². The van der Waals surface area contributed by atoms with Crippen molar-refractivity contribution in [3.63, 3.8) is 0 Å². The number of aryl methyl sites for hydroxylation is 1. The van der Waals surface area contributed by atoms with Crippen LogP contribution in [0.15, 0.2) is 71.5 Å². The van der Waals surface area contributed by atoms with Crippen LogP contribution < -0.4 is 16.4 Å². The fourth-order valence-electron chi connectivity index (χ4n) is 5.51. The summed E-state index contributed by atoms with van der Waals surface area (Å²) in [6, 6.07) is 20.4. The summed E-state index contributed by atoms with van der Waals surface area (Å²) in [4.78, 5) is 41.6. The smallest absolute Gasteiger partial charge is 0.293 e. The van der Waals surface area contributed by atoms with Crippen molar-refractivity contribution in [1.82, 2.24) is 29.7 Å². The van der Waals surface area contributed by atoms with Crippen LogP contribution in [0, 0.1) is 0 Å². The van der Waals surface area contributed by atoms with Gasteiger partial charge in [0.1, 0.15) is 0 Å². The van der Waals surface area contributed by atoms with E-state index in [1.54, 1.807) is 4.57 Å². The normalized spacial score (nSPS) is 19.3. The molecule has 3 aromatic heterocycles. The predicted molar refractivity (Wildman–Crippen MR) is 164 cm³/mol. The average molecular weight is 628 g/mol. The molecule has 0 saturated carbocycles. The molecule has 0 amide bonds. The van der Waals surface area contributed by atoms with Crippen LogP contribution in [0.1, 0.15) is 48.0 Å². The maximum Gasteiger partial charge on any atom is 0.293 e. The highest BCUT2D eigenvalue weighted by Gasteiger charge is 2.52. The summed E-state index contributed by atoms with van der Waals surface area (Å²) in [5.41, 5.74) is 8.83. The highest BCUT2D eigenvalue weighted by molar-refractivity contribution is 5.84. The zero-order chi connectivity index (χ0) is 31.9. The second kappa shape index (κ2) is 14.1. The summed E-state index contributed by atoms with van der Waals surface area (Å²) in [7, 11) is 0. The molecule has 4 atom stereocenters. The van der Waals surface area contributed by atoms with Gasteiger partial charge < -0.3 is 35.1 Å². The maximum atomic E-state index is 11.6. The molecule has 0 bridgehead atoms. The van der Waals surface area contributed by atoms with E-state index >= 15 is 0 Å². The fourth-order valence-corrected chi connectivity index (χ4v) is 5.51. The Kier molecular flexibility index (Phi) is 9.40. The van der Waals surface area contributed by atoms with Crippen molar-refractivity contribution in [2.24, 2.45) is 5.73 Å². The minimum absolute atomic E-state index is 0.00321. The van der Waals surface area contributed by atoms with E-state index in [2.05, 4.69) is 50.0 Å². The largest absolute Gasteiger partial charge is 0.457 e. The summed E-state index contributed by atoms with van der Waals surface area (Å²) in [5, 5.41) is 10.6. The number of aromatic nitrogens is 6. The van der Waals surface area contributed by atoms with E-state index in [0.29, 0.717) is 54.9 Å². The third kappa shape index (κ3) is 6.23. The molecular weight excluding hydrogens is 594 g/mol. The quantitative estimate of drug-likeness (QED) is 0.143. The Morgan fingerprint density at radius 1 is 0.957 bits per heavy atom. The van der Waals surface area contributed by atoms with Crippen LogP contribution in [0.4, 0.5) is 11.8 Å². The standard InChI is InChI=1S/C31H33N9O6/c1-2-22-36-28(39-46-22)25-24(43-17-41)26(44-18-42)30(45-25)40-16-35-23-27(37-31(33-14-13-32)38-29(23)40)34-15-21(19-9-5-3-6-10-19)20-11-7-4-8-12-20/h3-12,16-18,21,24-26,30H,2,13-15,32H2,1H3,(H2,33,34,37,38)/t24-,25-,26+,30+/m0/s1. The Hall–Kier alpha value is -5.41. The van der Waals surface area contributed by atoms with Gasteiger partial charge in [0.25, 0.3) is 12.9 Å². The van der Waals surface area contributed by atoms with Gasteiger partial charge in [0.15, 0.2) is 41.5 Å². The lowest BCUT2D eigenvalue weighted by Crippen LogP contribution is -2.34. The number of anilines is 2. The number of nitrogens with one attached hydrogen (secondary N) is 2. The molecule has 4 N–H and O–H groups in total. The Balaban J connectivity index is 1.38. The summed E-state index contributed by atoms with van der Waals surface area (Å²) < 4.78 is 23.9. The molecular formula is C31H33N9O6. The van der Waals surface area contributed by atoms with Gasteiger partial charge in [-0.2, -0.15) is 15.0 Å². The molecule has 46 heavy (non-hydrogen) atoms. The van der Waals surface area contributed by atoms with Gasteiger partial charge in [-0.25, -0.2) is 4.98 Å². The number of ether oxygens (including phenoxy) is 3. The van der Waals surface area contributed by atoms with E-state index in [9.17, 15) is 9.59 Å². The predicted octanol–water partition coefficient (Wildman–Crippen LogP) is 2.74. The highest BCUT2D eigenvalue weighted by Crippen LogP contribution is 2.42. The Labute approximate surface area is 263 Å². The van der Waals surface area contributed by atoms with Gasteiger partial charge in [-0.3, -0.25) is 14.2 Å². The van der Waals surface area contributed by atoms with E-state index in [0.717, 1.165) is 11.1 Å². The number of nitrogens with zero attached hydrogens (tertiary/aromatic N) is 6. The summed E-state index contributed by atoms with van der Waals surface area (Å²) >= 11 is 0. The first-order valence-electron chi connectivity index (χ1n) is 14.8. The molecule has 1 fully saturated rings. The van der Waals surface area contributed by atoms with Crippen molar-refractivity contribution in [3.05, 3.63) is 89.8 Å². The Morgan fingerprint density at radius 3 is 2.28 bits per heavy atom. The monoisotopic (exact) mass is 627 g/mol. The maximum absolute atomic E-state index is 11.6. The van der Waals surface area contributed by atoms with Gasteiger partial charge in [-0.15, -0.1) is 0 Å². The molecule has 5 aromatic rings. The molecule has 1 aliphatic rings. The van der Waals surface area contributed by atoms with Crippen LogP contribution in [0.3, 0.4) is 0 Å². The molecule has 6 rings (SSSR count). The Morgan fingerprint density at radius 2 is 1.65 bits per heavy atom. The van der Waals surface area contributed by atoms with Gasteiger partial charge in [-0.1, -0.05) is 72.7 Å². The molecule has 1 aliphatic heterocycles. The average Bonchev–Trinajstić information content (AvgIpc) is 3.83. The Bertz CT molecular complexity index is 1710. The van der Waals surface area contributed by atoms with E-state index in [1.165, 1.54) is 6.33 Å².